The Morgan fingerprint density at radius 3 is 2.75 bits per heavy atom. The van der Waals surface area contributed by atoms with E-state index in [0.29, 0.717) is 6.54 Å². The molecule has 3 heteroatoms. The lowest BCUT2D eigenvalue weighted by Gasteiger charge is -2.37. The van der Waals surface area contributed by atoms with Crippen LogP contribution >= 0.6 is 0 Å². The van der Waals surface area contributed by atoms with Gasteiger partial charge in [-0.05, 0) is 25.8 Å². The van der Waals surface area contributed by atoms with Crippen molar-refractivity contribution in [2.24, 2.45) is 5.73 Å². The van der Waals surface area contributed by atoms with Gasteiger partial charge in [-0.3, -0.25) is 0 Å². The topological polar surface area (TPSA) is 58.3 Å². The van der Waals surface area contributed by atoms with Crippen molar-refractivity contribution in [3.8, 4) is 0 Å². The zero-order chi connectivity index (χ0) is 9.03. The molecule has 1 fully saturated rings. The Labute approximate surface area is 74.3 Å². The van der Waals surface area contributed by atoms with Crippen molar-refractivity contribution in [1.82, 2.24) is 5.32 Å². The molecule has 0 spiro atoms. The van der Waals surface area contributed by atoms with Crippen LogP contribution in [0.1, 0.15) is 32.6 Å². The Morgan fingerprint density at radius 1 is 1.58 bits per heavy atom. The Hall–Kier alpha value is -0.120. The fourth-order valence-electron chi connectivity index (χ4n) is 1.84. The maximum atomic E-state index is 10.1. The normalized spacial score (nSPS) is 29.8. The minimum Gasteiger partial charge on any atom is -0.387 e. The van der Waals surface area contributed by atoms with Gasteiger partial charge in [0.25, 0.3) is 0 Å². The highest BCUT2D eigenvalue weighted by Crippen LogP contribution is 2.21. The van der Waals surface area contributed by atoms with E-state index >= 15 is 0 Å². The first-order valence-electron chi connectivity index (χ1n) is 4.89. The van der Waals surface area contributed by atoms with Crippen molar-refractivity contribution in [3.05, 3.63) is 0 Å². The predicted octanol–water partition coefficient (Wildman–Crippen LogP) is 0.228. The fraction of sp³-hybridized carbons (Fsp3) is 1.00. The fourth-order valence-corrected chi connectivity index (χ4v) is 1.84. The average molecular weight is 172 g/mol. The van der Waals surface area contributed by atoms with Gasteiger partial charge in [-0.1, -0.05) is 13.3 Å². The average Bonchev–Trinajstić information content (AvgIpc) is 2.18. The Bertz CT molecular complexity index is 128. The van der Waals surface area contributed by atoms with Gasteiger partial charge in [-0.2, -0.15) is 0 Å². The number of nitrogens with one attached hydrogen (secondary N) is 1. The Balaban J connectivity index is 2.51. The highest BCUT2D eigenvalue weighted by Gasteiger charge is 2.33. The zero-order valence-electron chi connectivity index (χ0n) is 7.84. The minimum absolute atomic E-state index is 0.209. The molecule has 3 nitrogen and oxygen atoms in total. The SMILES string of the molecule is CCC(O)(CN)C1CCCCN1. The van der Waals surface area contributed by atoms with Gasteiger partial charge in [0.15, 0.2) is 0 Å². The summed E-state index contributed by atoms with van der Waals surface area (Å²) in [6.07, 6.45) is 4.23. The third kappa shape index (κ3) is 1.97. The number of piperidine rings is 1. The van der Waals surface area contributed by atoms with Crippen molar-refractivity contribution in [1.29, 1.82) is 0 Å². The largest absolute Gasteiger partial charge is 0.387 e. The number of nitrogens with two attached hydrogens (primary N) is 1. The van der Waals surface area contributed by atoms with E-state index in [2.05, 4.69) is 5.32 Å². The molecule has 0 aliphatic carbocycles. The van der Waals surface area contributed by atoms with Crippen LogP contribution < -0.4 is 11.1 Å². The molecule has 0 amide bonds. The molecular weight excluding hydrogens is 152 g/mol. The van der Waals surface area contributed by atoms with E-state index < -0.39 is 5.60 Å². The van der Waals surface area contributed by atoms with E-state index in [1.807, 2.05) is 6.92 Å². The molecule has 0 saturated carbocycles. The predicted molar refractivity (Wildman–Crippen MR) is 49.9 cm³/mol. The van der Waals surface area contributed by atoms with Crippen LogP contribution in [0.2, 0.25) is 0 Å². The van der Waals surface area contributed by atoms with Gasteiger partial charge in [-0.15, -0.1) is 0 Å². The molecule has 1 heterocycles. The molecule has 1 aliphatic heterocycles. The van der Waals surface area contributed by atoms with Crippen molar-refractivity contribution in [2.45, 2.75) is 44.2 Å². The standard InChI is InChI=1S/C9H20N2O/c1-2-9(12,7-10)8-5-3-4-6-11-8/h8,11-12H,2-7,10H2,1H3. The second-order valence-corrected chi connectivity index (χ2v) is 3.66. The zero-order valence-corrected chi connectivity index (χ0v) is 7.84. The highest BCUT2D eigenvalue weighted by molar-refractivity contribution is 4.93. The first-order valence-corrected chi connectivity index (χ1v) is 4.89. The Kier molecular flexibility index (Phi) is 3.50. The van der Waals surface area contributed by atoms with Crippen LogP contribution in [0.25, 0.3) is 0 Å². The summed E-state index contributed by atoms with van der Waals surface area (Å²) >= 11 is 0. The van der Waals surface area contributed by atoms with Crippen molar-refractivity contribution in [3.63, 3.8) is 0 Å². The van der Waals surface area contributed by atoms with E-state index in [4.69, 9.17) is 5.73 Å². The van der Waals surface area contributed by atoms with Crippen LogP contribution in [-0.4, -0.2) is 29.8 Å². The summed E-state index contributed by atoms with van der Waals surface area (Å²) in [5, 5.41) is 13.4. The van der Waals surface area contributed by atoms with E-state index in [9.17, 15) is 5.11 Å². The van der Waals surface area contributed by atoms with Crippen LogP contribution in [0.5, 0.6) is 0 Å². The van der Waals surface area contributed by atoms with E-state index in [1.165, 1.54) is 12.8 Å². The molecule has 0 radical (unpaired) electrons. The summed E-state index contributed by atoms with van der Waals surface area (Å²) in [5.74, 6) is 0. The molecule has 2 unspecified atom stereocenters. The van der Waals surface area contributed by atoms with Gasteiger partial charge in [0.2, 0.25) is 0 Å². The third-order valence-electron chi connectivity index (χ3n) is 2.92. The third-order valence-corrected chi connectivity index (χ3v) is 2.92. The first kappa shape index (κ1) is 9.96. The van der Waals surface area contributed by atoms with Gasteiger partial charge >= 0.3 is 0 Å². The lowest BCUT2D eigenvalue weighted by Crippen LogP contribution is -2.56. The highest BCUT2D eigenvalue weighted by atomic mass is 16.3. The van der Waals surface area contributed by atoms with E-state index in [-0.39, 0.29) is 6.04 Å². The molecule has 0 aromatic heterocycles. The van der Waals surface area contributed by atoms with Crippen LogP contribution in [0.3, 0.4) is 0 Å². The first-order chi connectivity index (χ1) is 5.73. The Morgan fingerprint density at radius 2 is 2.33 bits per heavy atom. The molecule has 4 N–H and O–H groups in total. The summed E-state index contributed by atoms with van der Waals surface area (Å²) in [6.45, 7) is 3.37. The molecule has 0 bridgehead atoms. The summed E-state index contributed by atoms with van der Waals surface area (Å²) in [7, 11) is 0. The smallest absolute Gasteiger partial charge is 0.0918 e. The van der Waals surface area contributed by atoms with Gasteiger partial charge in [0.05, 0.1) is 5.60 Å². The molecule has 72 valence electrons. The second-order valence-electron chi connectivity index (χ2n) is 3.66. The van der Waals surface area contributed by atoms with Crippen LogP contribution in [0, 0.1) is 0 Å². The molecular formula is C9H20N2O. The molecule has 12 heavy (non-hydrogen) atoms. The molecule has 1 rings (SSSR count). The summed E-state index contributed by atoms with van der Waals surface area (Å²) in [6, 6.07) is 0.209. The quantitative estimate of drug-likeness (QED) is 0.571. The van der Waals surface area contributed by atoms with Gasteiger partial charge in [-0.25, -0.2) is 0 Å². The van der Waals surface area contributed by atoms with Crippen molar-refractivity contribution >= 4 is 0 Å². The lowest BCUT2D eigenvalue weighted by molar-refractivity contribution is -0.00246. The van der Waals surface area contributed by atoms with Gasteiger partial charge < -0.3 is 16.2 Å². The molecule has 1 aliphatic rings. The lowest BCUT2D eigenvalue weighted by atomic mass is 9.86. The summed E-state index contributed by atoms with van der Waals surface area (Å²) in [5.41, 5.74) is 4.88. The van der Waals surface area contributed by atoms with Crippen molar-refractivity contribution < 1.29 is 5.11 Å². The van der Waals surface area contributed by atoms with Gasteiger partial charge in [0.1, 0.15) is 0 Å². The monoisotopic (exact) mass is 172 g/mol. The molecule has 2 atom stereocenters. The minimum atomic E-state index is -0.680. The maximum Gasteiger partial charge on any atom is 0.0918 e. The van der Waals surface area contributed by atoms with E-state index in [0.717, 1.165) is 19.4 Å². The van der Waals surface area contributed by atoms with Crippen LogP contribution in [-0.2, 0) is 0 Å². The van der Waals surface area contributed by atoms with Crippen molar-refractivity contribution in [2.75, 3.05) is 13.1 Å². The number of rotatable bonds is 3. The van der Waals surface area contributed by atoms with Crippen LogP contribution in [0.4, 0.5) is 0 Å². The molecule has 1 saturated heterocycles. The van der Waals surface area contributed by atoms with E-state index in [1.54, 1.807) is 0 Å². The van der Waals surface area contributed by atoms with Crippen LogP contribution in [0.15, 0.2) is 0 Å². The second kappa shape index (κ2) is 4.21. The molecule has 0 aromatic carbocycles. The molecule has 0 aromatic rings. The number of hydrogen-bond donors (Lipinski definition) is 3. The maximum absolute atomic E-state index is 10.1. The van der Waals surface area contributed by atoms with Gasteiger partial charge in [0, 0.05) is 12.6 Å². The number of hydrogen-bond acceptors (Lipinski definition) is 3. The number of aliphatic hydroxyl groups is 1. The summed E-state index contributed by atoms with van der Waals surface area (Å²) < 4.78 is 0. The summed E-state index contributed by atoms with van der Waals surface area (Å²) in [4.78, 5) is 0.